The Labute approximate surface area is 90.3 Å². The van der Waals surface area contributed by atoms with E-state index in [1.165, 1.54) is 5.70 Å². The minimum Gasteiger partial charge on any atom is -0.309 e. The standard InChI is InChI=1S/C12H17FN2/c1-4-8-15-9(2)10-6-5-7-11(13)12(10)14(15)3/h5-7,12H,4,8H2,1-3H3. The molecule has 0 aromatic carbocycles. The molecule has 0 bridgehead atoms. The quantitative estimate of drug-likeness (QED) is 0.688. The molecule has 0 fully saturated rings. The summed E-state index contributed by atoms with van der Waals surface area (Å²) < 4.78 is 13.7. The summed E-state index contributed by atoms with van der Waals surface area (Å²) >= 11 is 0. The third kappa shape index (κ3) is 1.51. The van der Waals surface area contributed by atoms with Gasteiger partial charge in [-0.25, -0.2) is 9.40 Å². The summed E-state index contributed by atoms with van der Waals surface area (Å²) in [6, 6.07) is -0.193. The van der Waals surface area contributed by atoms with E-state index >= 15 is 0 Å². The molecule has 1 atom stereocenters. The maximum absolute atomic E-state index is 13.7. The van der Waals surface area contributed by atoms with Crippen molar-refractivity contribution in [3.05, 3.63) is 35.3 Å². The van der Waals surface area contributed by atoms with Crippen LogP contribution in [0.2, 0.25) is 0 Å². The van der Waals surface area contributed by atoms with Gasteiger partial charge in [0, 0.05) is 19.3 Å². The average molecular weight is 208 g/mol. The first-order valence-electron chi connectivity index (χ1n) is 5.41. The van der Waals surface area contributed by atoms with Crippen molar-refractivity contribution in [3.8, 4) is 0 Å². The van der Waals surface area contributed by atoms with Crippen LogP contribution in [0.5, 0.6) is 0 Å². The van der Waals surface area contributed by atoms with Crippen molar-refractivity contribution in [2.24, 2.45) is 0 Å². The highest BCUT2D eigenvalue weighted by Gasteiger charge is 2.36. The molecule has 2 aliphatic rings. The summed E-state index contributed by atoms with van der Waals surface area (Å²) in [5.74, 6) is -0.0621. The third-order valence-electron chi connectivity index (χ3n) is 3.08. The van der Waals surface area contributed by atoms with Gasteiger partial charge in [-0.3, -0.25) is 0 Å². The zero-order valence-electron chi connectivity index (χ0n) is 9.50. The van der Waals surface area contributed by atoms with Crippen LogP contribution in [0, 0.1) is 0 Å². The molecule has 0 aromatic rings. The topological polar surface area (TPSA) is 6.48 Å². The van der Waals surface area contributed by atoms with E-state index in [4.69, 9.17) is 0 Å². The Kier molecular flexibility index (Phi) is 2.65. The van der Waals surface area contributed by atoms with Gasteiger partial charge in [0.1, 0.15) is 11.9 Å². The second-order valence-electron chi connectivity index (χ2n) is 4.05. The Morgan fingerprint density at radius 3 is 2.80 bits per heavy atom. The number of hydrazine groups is 1. The van der Waals surface area contributed by atoms with Crippen molar-refractivity contribution >= 4 is 0 Å². The Balaban J connectivity index is 2.34. The monoisotopic (exact) mass is 208 g/mol. The van der Waals surface area contributed by atoms with Crippen LogP contribution in [0.25, 0.3) is 0 Å². The van der Waals surface area contributed by atoms with Gasteiger partial charge in [-0.1, -0.05) is 19.1 Å². The molecule has 2 rings (SSSR count). The maximum atomic E-state index is 13.7. The van der Waals surface area contributed by atoms with Gasteiger partial charge in [-0.2, -0.15) is 0 Å². The minimum atomic E-state index is -0.193. The number of rotatable bonds is 2. The lowest BCUT2D eigenvalue weighted by molar-refractivity contribution is 0.0390. The van der Waals surface area contributed by atoms with Crippen molar-refractivity contribution in [2.75, 3.05) is 13.6 Å². The van der Waals surface area contributed by atoms with E-state index in [2.05, 4.69) is 18.9 Å². The predicted octanol–water partition coefficient (Wildman–Crippen LogP) is 2.62. The van der Waals surface area contributed by atoms with E-state index in [1.807, 2.05) is 18.1 Å². The fourth-order valence-electron chi connectivity index (χ4n) is 2.34. The number of likely N-dealkylation sites (N-methyl/N-ethyl adjacent to an activating group) is 1. The van der Waals surface area contributed by atoms with Crippen LogP contribution in [0.15, 0.2) is 35.3 Å². The lowest BCUT2D eigenvalue weighted by atomic mass is 10.0. The summed E-state index contributed by atoms with van der Waals surface area (Å²) in [5, 5.41) is 4.15. The van der Waals surface area contributed by atoms with E-state index in [1.54, 1.807) is 12.2 Å². The van der Waals surface area contributed by atoms with Crippen LogP contribution in [0.1, 0.15) is 20.3 Å². The lowest BCUT2D eigenvalue weighted by Gasteiger charge is -2.31. The van der Waals surface area contributed by atoms with Crippen LogP contribution in [-0.2, 0) is 0 Å². The second-order valence-corrected chi connectivity index (χ2v) is 4.05. The van der Waals surface area contributed by atoms with Crippen LogP contribution in [0.4, 0.5) is 4.39 Å². The zero-order chi connectivity index (χ0) is 11.0. The van der Waals surface area contributed by atoms with Crippen LogP contribution < -0.4 is 0 Å². The molecule has 3 heteroatoms. The molecule has 1 unspecified atom stereocenters. The molecule has 15 heavy (non-hydrogen) atoms. The molecule has 0 radical (unpaired) electrons. The number of nitrogens with zero attached hydrogens (tertiary/aromatic N) is 2. The van der Waals surface area contributed by atoms with E-state index in [9.17, 15) is 4.39 Å². The van der Waals surface area contributed by atoms with Gasteiger partial charge in [-0.15, -0.1) is 0 Å². The molecule has 0 saturated heterocycles. The summed E-state index contributed by atoms with van der Waals surface area (Å²) in [4.78, 5) is 0. The number of fused-ring (bicyclic) bond motifs is 1. The van der Waals surface area contributed by atoms with Gasteiger partial charge >= 0.3 is 0 Å². The zero-order valence-corrected chi connectivity index (χ0v) is 9.50. The molecule has 2 nitrogen and oxygen atoms in total. The number of hydrogen-bond acceptors (Lipinski definition) is 2. The highest BCUT2D eigenvalue weighted by molar-refractivity contribution is 5.43. The van der Waals surface area contributed by atoms with E-state index in [0.717, 1.165) is 18.5 Å². The van der Waals surface area contributed by atoms with Crippen molar-refractivity contribution < 1.29 is 4.39 Å². The maximum Gasteiger partial charge on any atom is 0.123 e. The molecule has 0 aromatic heterocycles. The fraction of sp³-hybridized carbons (Fsp3) is 0.500. The molecule has 1 aliphatic carbocycles. The lowest BCUT2D eigenvalue weighted by Crippen LogP contribution is -2.40. The number of allylic oxidation sites excluding steroid dienone is 3. The molecule has 1 aliphatic heterocycles. The molecule has 1 heterocycles. The van der Waals surface area contributed by atoms with Crippen molar-refractivity contribution in [2.45, 2.75) is 26.3 Å². The van der Waals surface area contributed by atoms with Crippen molar-refractivity contribution in [3.63, 3.8) is 0 Å². The van der Waals surface area contributed by atoms with Gasteiger partial charge in [0.25, 0.3) is 0 Å². The Hall–Kier alpha value is -1.09. The first kappa shape index (κ1) is 10.4. The average Bonchev–Trinajstić information content (AvgIpc) is 2.45. The molecule has 0 N–H and O–H groups in total. The second kappa shape index (κ2) is 3.81. The van der Waals surface area contributed by atoms with Crippen LogP contribution >= 0.6 is 0 Å². The first-order valence-corrected chi connectivity index (χ1v) is 5.41. The summed E-state index contributed by atoms with van der Waals surface area (Å²) in [7, 11) is 1.95. The molecule has 82 valence electrons. The highest BCUT2D eigenvalue weighted by Crippen LogP contribution is 2.35. The highest BCUT2D eigenvalue weighted by atomic mass is 19.1. The van der Waals surface area contributed by atoms with E-state index < -0.39 is 0 Å². The molecule has 0 amide bonds. The third-order valence-corrected chi connectivity index (χ3v) is 3.08. The van der Waals surface area contributed by atoms with Gasteiger partial charge < -0.3 is 5.01 Å². The molecular weight excluding hydrogens is 191 g/mol. The number of hydrogen-bond donors (Lipinski definition) is 0. The Bertz CT molecular complexity index is 355. The van der Waals surface area contributed by atoms with Gasteiger partial charge in [0.15, 0.2) is 0 Å². The molecule has 0 spiro atoms. The summed E-state index contributed by atoms with van der Waals surface area (Å²) in [6.45, 7) is 5.14. The van der Waals surface area contributed by atoms with Crippen molar-refractivity contribution in [1.82, 2.24) is 10.0 Å². The van der Waals surface area contributed by atoms with E-state index in [0.29, 0.717) is 0 Å². The largest absolute Gasteiger partial charge is 0.309 e. The fourth-order valence-corrected chi connectivity index (χ4v) is 2.34. The van der Waals surface area contributed by atoms with Gasteiger partial charge in [0.2, 0.25) is 0 Å². The Morgan fingerprint density at radius 1 is 1.47 bits per heavy atom. The SMILES string of the molecule is CCCN1C(C)=C2C=CC=C(F)C2N1C. The summed E-state index contributed by atoms with van der Waals surface area (Å²) in [6.07, 6.45) is 6.41. The van der Waals surface area contributed by atoms with Gasteiger partial charge in [0.05, 0.1) is 0 Å². The minimum absolute atomic E-state index is 0.0621. The van der Waals surface area contributed by atoms with Gasteiger partial charge in [-0.05, 0) is 25.0 Å². The Morgan fingerprint density at radius 2 is 2.20 bits per heavy atom. The molecular formula is C12H17FN2. The van der Waals surface area contributed by atoms with E-state index in [-0.39, 0.29) is 11.9 Å². The number of halogens is 1. The first-order chi connectivity index (χ1) is 7.16. The normalized spacial score (nSPS) is 26.0. The smallest absolute Gasteiger partial charge is 0.123 e. The van der Waals surface area contributed by atoms with Crippen LogP contribution in [0.3, 0.4) is 0 Å². The molecule has 0 saturated carbocycles. The van der Waals surface area contributed by atoms with Crippen LogP contribution in [-0.4, -0.2) is 29.7 Å². The predicted molar refractivity (Wildman–Crippen MR) is 59.6 cm³/mol. The summed E-state index contributed by atoms with van der Waals surface area (Å²) in [5.41, 5.74) is 2.26. The van der Waals surface area contributed by atoms with Crippen molar-refractivity contribution in [1.29, 1.82) is 0 Å².